The lowest BCUT2D eigenvalue weighted by Gasteiger charge is -2.29. The maximum atomic E-state index is 13.0. The Hall–Kier alpha value is -3.74. The molecule has 0 radical (unpaired) electrons. The lowest BCUT2D eigenvalue weighted by molar-refractivity contribution is 0.0548. The van der Waals surface area contributed by atoms with E-state index in [0.717, 1.165) is 32.1 Å². The van der Waals surface area contributed by atoms with Gasteiger partial charge in [-0.05, 0) is 43.2 Å². The van der Waals surface area contributed by atoms with Crippen LogP contribution >= 0.6 is 0 Å². The van der Waals surface area contributed by atoms with E-state index in [1.54, 1.807) is 30.3 Å². The van der Waals surface area contributed by atoms with Crippen LogP contribution in [0.5, 0.6) is 0 Å². The van der Waals surface area contributed by atoms with Crippen LogP contribution in [-0.4, -0.2) is 41.1 Å². The molecule has 0 aromatic heterocycles. The van der Waals surface area contributed by atoms with Crippen molar-refractivity contribution >= 4 is 29.3 Å². The number of amides is 4. The maximum absolute atomic E-state index is 13.0. The fourth-order valence-electron chi connectivity index (χ4n) is 4.32. The zero-order valence-corrected chi connectivity index (χ0v) is 17.7. The number of nitrogens with one attached hydrogen (secondary N) is 2. The second kappa shape index (κ2) is 9.18. The van der Waals surface area contributed by atoms with E-state index in [4.69, 9.17) is 0 Å². The number of carbonyl (C=O) groups excluding carboxylic acids is 4. The number of fused-ring (bicyclic) bond motifs is 1. The second-order valence-electron chi connectivity index (χ2n) is 8.03. The molecule has 2 aromatic carbocycles. The van der Waals surface area contributed by atoms with E-state index < -0.39 is 5.91 Å². The van der Waals surface area contributed by atoms with E-state index >= 15 is 0 Å². The molecule has 2 N–H and O–H groups in total. The van der Waals surface area contributed by atoms with Gasteiger partial charge in [-0.2, -0.15) is 0 Å². The van der Waals surface area contributed by atoms with E-state index in [2.05, 4.69) is 17.2 Å². The molecule has 0 atom stereocenters. The Balaban J connectivity index is 1.55. The molecular formula is C25H25N3O4. The minimum Gasteiger partial charge on any atom is -0.349 e. The number of benzene rings is 2. The van der Waals surface area contributed by atoms with Gasteiger partial charge in [-0.1, -0.05) is 37.5 Å². The van der Waals surface area contributed by atoms with E-state index in [1.165, 1.54) is 23.1 Å². The number of imide groups is 1. The molecule has 4 rings (SSSR count). The van der Waals surface area contributed by atoms with Crippen LogP contribution in [0, 0.1) is 0 Å². The van der Waals surface area contributed by atoms with Crippen molar-refractivity contribution in [1.82, 2.24) is 10.2 Å². The van der Waals surface area contributed by atoms with Gasteiger partial charge in [0.2, 0.25) is 0 Å². The fraction of sp³-hybridized carbons (Fsp3) is 0.280. The van der Waals surface area contributed by atoms with Gasteiger partial charge >= 0.3 is 0 Å². The van der Waals surface area contributed by atoms with Crippen molar-refractivity contribution in [2.24, 2.45) is 0 Å². The first-order valence-electron chi connectivity index (χ1n) is 10.8. The first kappa shape index (κ1) is 21.5. The lowest BCUT2D eigenvalue weighted by Crippen LogP contribution is -2.40. The highest BCUT2D eigenvalue weighted by atomic mass is 16.2. The molecule has 164 valence electrons. The first-order chi connectivity index (χ1) is 15.5. The van der Waals surface area contributed by atoms with Gasteiger partial charge in [-0.25, -0.2) is 0 Å². The SMILES string of the molecule is C=CCNC(=O)c1ccccc1NC(=O)c1ccc2c(c1)C(=O)N(C1CCCCC1)C2=O. The van der Waals surface area contributed by atoms with E-state index in [1.807, 2.05) is 0 Å². The summed E-state index contributed by atoms with van der Waals surface area (Å²) in [5.41, 5.74) is 1.51. The van der Waals surface area contributed by atoms with Crippen LogP contribution in [0.15, 0.2) is 55.1 Å². The molecule has 1 fully saturated rings. The molecule has 1 saturated carbocycles. The van der Waals surface area contributed by atoms with E-state index in [9.17, 15) is 19.2 Å². The fourth-order valence-corrected chi connectivity index (χ4v) is 4.32. The summed E-state index contributed by atoms with van der Waals surface area (Å²) in [6, 6.07) is 11.1. The molecule has 7 heteroatoms. The quantitative estimate of drug-likeness (QED) is 0.537. The molecule has 2 aromatic rings. The Morgan fingerprint density at radius 3 is 2.44 bits per heavy atom. The average molecular weight is 431 g/mol. The molecule has 1 aliphatic heterocycles. The number of para-hydroxylation sites is 1. The Bertz CT molecular complexity index is 1100. The second-order valence-corrected chi connectivity index (χ2v) is 8.03. The summed E-state index contributed by atoms with van der Waals surface area (Å²) in [7, 11) is 0. The highest BCUT2D eigenvalue weighted by Gasteiger charge is 2.40. The largest absolute Gasteiger partial charge is 0.349 e. The third-order valence-electron chi connectivity index (χ3n) is 5.95. The molecule has 1 heterocycles. The third kappa shape index (κ3) is 4.06. The summed E-state index contributed by atoms with van der Waals surface area (Å²) in [5.74, 6) is -1.42. The van der Waals surface area contributed by atoms with Gasteiger partial charge in [0.15, 0.2) is 0 Å². The molecular weight excluding hydrogens is 406 g/mol. The molecule has 1 aliphatic carbocycles. The van der Waals surface area contributed by atoms with Gasteiger partial charge in [0, 0.05) is 18.2 Å². The predicted molar refractivity (Wildman–Crippen MR) is 121 cm³/mol. The summed E-state index contributed by atoms with van der Waals surface area (Å²) in [4.78, 5) is 52.5. The minimum absolute atomic E-state index is 0.0746. The van der Waals surface area contributed by atoms with Crippen LogP contribution in [0.3, 0.4) is 0 Å². The normalized spacial score (nSPS) is 15.9. The van der Waals surface area contributed by atoms with Gasteiger partial charge in [0.25, 0.3) is 23.6 Å². The first-order valence-corrected chi connectivity index (χ1v) is 10.8. The number of carbonyl (C=O) groups is 4. The lowest BCUT2D eigenvalue weighted by atomic mass is 9.94. The van der Waals surface area contributed by atoms with Crippen LogP contribution in [0.4, 0.5) is 5.69 Å². The average Bonchev–Trinajstić information content (AvgIpc) is 3.07. The Morgan fingerprint density at radius 1 is 0.969 bits per heavy atom. The van der Waals surface area contributed by atoms with Crippen LogP contribution in [0.1, 0.15) is 73.5 Å². The number of anilines is 1. The third-order valence-corrected chi connectivity index (χ3v) is 5.95. The van der Waals surface area contributed by atoms with E-state index in [0.29, 0.717) is 23.4 Å². The molecule has 0 saturated heterocycles. The van der Waals surface area contributed by atoms with E-state index in [-0.39, 0.29) is 34.9 Å². The maximum Gasteiger partial charge on any atom is 0.261 e. The van der Waals surface area contributed by atoms with Gasteiger partial charge < -0.3 is 10.6 Å². The molecule has 0 bridgehead atoms. The van der Waals surface area contributed by atoms with Crippen molar-refractivity contribution in [3.63, 3.8) is 0 Å². The van der Waals surface area contributed by atoms with Crippen molar-refractivity contribution in [1.29, 1.82) is 0 Å². The van der Waals surface area contributed by atoms with Gasteiger partial charge in [-0.3, -0.25) is 24.1 Å². The molecule has 7 nitrogen and oxygen atoms in total. The summed E-state index contributed by atoms with van der Waals surface area (Å²) in [6.45, 7) is 3.88. The number of hydrogen-bond acceptors (Lipinski definition) is 4. The van der Waals surface area contributed by atoms with Crippen molar-refractivity contribution in [2.45, 2.75) is 38.1 Å². The summed E-state index contributed by atoms with van der Waals surface area (Å²) in [6.07, 6.45) is 6.35. The summed E-state index contributed by atoms with van der Waals surface area (Å²) < 4.78 is 0. The molecule has 0 spiro atoms. The Labute approximate surface area is 186 Å². The highest BCUT2D eigenvalue weighted by molar-refractivity contribution is 6.22. The molecule has 4 amide bonds. The molecule has 0 unspecified atom stereocenters. The smallest absolute Gasteiger partial charge is 0.261 e. The van der Waals surface area contributed by atoms with Crippen molar-refractivity contribution in [3.05, 3.63) is 77.4 Å². The zero-order chi connectivity index (χ0) is 22.7. The van der Waals surface area contributed by atoms with Crippen molar-refractivity contribution < 1.29 is 19.2 Å². The summed E-state index contributed by atoms with van der Waals surface area (Å²) in [5, 5.41) is 5.43. The topological polar surface area (TPSA) is 95.6 Å². The highest BCUT2D eigenvalue weighted by Crippen LogP contribution is 2.31. The monoisotopic (exact) mass is 431 g/mol. The standard InChI is InChI=1S/C25H25N3O4/c1-2-14-26-23(30)19-10-6-7-11-21(19)27-22(29)16-12-13-18-20(15-16)25(32)28(24(18)31)17-8-4-3-5-9-17/h2,6-7,10-13,15,17H,1,3-5,8-9,14H2,(H,26,30)(H,27,29). The Kier molecular flexibility index (Phi) is 6.16. The van der Waals surface area contributed by atoms with Crippen LogP contribution < -0.4 is 10.6 Å². The molecule has 32 heavy (non-hydrogen) atoms. The van der Waals surface area contributed by atoms with Crippen LogP contribution in [0.2, 0.25) is 0 Å². The minimum atomic E-state index is -0.465. The van der Waals surface area contributed by atoms with Crippen molar-refractivity contribution in [3.8, 4) is 0 Å². The zero-order valence-electron chi connectivity index (χ0n) is 17.7. The number of rotatable bonds is 6. The van der Waals surface area contributed by atoms with Gasteiger partial charge in [0.1, 0.15) is 0 Å². The predicted octanol–water partition coefficient (Wildman–Crippen LogP) is 3.78. The van der Waals surface area contributed by atoms with Crippen molar-refractivity contribution in [2.75, 3.05) is 11.9 Å². The Morgan fingerprint density at radius 2 is 1.69 bits per heavy atom. The number of nitrogens with zero attached hydrogens (tertiary/aromatic N) is 1. The molecule has 2 aliphatic rings. The summed E-state index contributed by atoms with van der Waals surface area (Å²) >= 11 is 0. The number of hydrogen-bond donors (Lipinski definition) is 2. The van der Waals surface area contributed by atoms with Crippen LogP contribution in [0.25, 0.3) is 0 Å². The van der Waals surface area contributed by atoms with Gasteiger partial charge in [-0.15, -0.1) is 6.58 Å². The van der Waals surface area contributed by atoms with Crippen LogP contribution in [-0.2, 0) is 0 Å². The van der Waals surface area contributed by atoms with Gasteiger partial charge in [0.05, 0.1) is 22.4 Å².